The first-order valence-corrected chi connectivity index (χ1v) is 3.60. The van der Waals surface area contributed by atoms with Gasteiger partial charge in [0.05, 0.1) is 0 Å². The molecule has 2 rings (SSSR count). The molecule has 1 aromatic heterocycles. The molecule has 0 aliphatic heterocycles. The van der Waals surface area contributed by atoms with E-state index in [9.17, 15) is 0 Å². The molecule has 4 nitrogen and oxygen atoms in total. The highest BCUT2D eigenvalue weighted by Gasteiger charge is 2.23. The summed E-state index contributed by atoms with van der Waals surface area (Å²) in [6.07, 6.45) is 2.63. The normalized spacial score (nSPS) is 16.4. The van der Waals surface area contributed by atoms with E-state index in [4.69, 9.17) is 10.5 Å². The largest absolute Gasteiger partial charge is 0.473 e. The van der Waals surface area contributed by atoms with Crippen LogP contribution in [0.1, 0.15) is 12.8 Å². The number of anilines is 1. The summed E-state index contributed by atoms with van der Waals surface area (Å²) >= 11 is 0. The van der Waals surface area contributed by atoms with Crippen molar-refractivity contribution in [1.82, 2.24) is 10.2 Å². The summed E-state index contributed by atoms with van der Waals surface area (Å²) in [6.45, 7) is 0. The Morgan fingerprint density at radius 2 is 2.18 bits per heavy atom. The van der Waals surface area contributed by atoms with Crippen LogP contribution in [0.15, 0.2) is 12.1 Å². The maximum absolute atomic E-state index is 5.35. The molecular weight excluding hydrogens is 142 g/mol. The lowest BCUT2D eigenvalue weighted by atomic mass is 10.5. The van der Waals surface area contributed by atoms with Crippen LogP contribution < -0.4 is 10.5 Å². The predicted molar refractivity (Wildman–Crippen MR) is 40.1 cm³/mol. The van der Waals surface area contributed by atoms with E-state index in [1.807, 2.05) is 0 Å². The minimum absolute atomic E-state index is 0.368. The van der Waals surface area contributed by atoms with Crippen LogP contribution in [0.3, 0.4) is 0 Å². The lowest BCUT2D eigenvalue weighted by Crippen LogP contribution is -2.00. The van der Waals surface area contributed by atoms with Crippen LogP contribution in [0.5, 0.6) is 5.88 Å². The summed E-state index contributed by atoms with van der Waals surface area (Å²) in [5.74, 6) is 0.995. The van der Waals surface area contributed by atoms with Crippen molar-refractivity contribution in [2.24, 2.45) is 0 Å². The summed E-state index contributed by atoms with van der Waals surface area (Å²) in [5, 5.41) is 7.42. The molecule has 0 atom stereocenters. The number of nitrogens with two attached hydrogens (primary N) is 1. The van der Waals surface area contributed by atoms with Crippen molar-refractivity contribution in [2.45, 2.75) is 18.9 Å². The van der Waals surface area contributed by atoms with Gasteiger partial charge in [-0.1, -0.05) is 0 Å². The maximum Gasteiger partial charge on any atom is 0.233 e. The molecule has 0 amide bonds. The second kappa shape index (κ2) is 2.38. The van der Waals surface area contributed by atoms with Crippen molar-refractivity contribution >= 4 is 5.82 Å². The molecule has 0 spiro atoms. The third kappa shape index (κ3) is 1.58. The number of rotatable bonds is 2. The highest BCUT2D eigenvalue weighted by Crippen LogP contribution is 2.24. The molecule has 0 aromatic carbocycles. The third-order valence-electron chi connectivity index (χ3n) is 1.47. The van der Waals surface area contributed by atoms with Gasteiger partial charge in [-0.2, -0.15) is 0 Å². The molecule has 0 saturated heterocycles. The Morgan fingerprint density at radius 1 is 1.36 bits per heavy atom. The molecular formula is C7H9N3O. The smallest absolute Gasteiger partial charge is 0.233 e. The Balaban J connectivity index is 2.06. The lowest BCUT2D eigenvalue weighted by molar-refractivity contribution is 0.287. The number of hydrogen-bond acceptors (Lipinski definition) is 4. The van der Waals surface area contributed by atoms with Crippen LogP contribution in [0, 0.1) is 0 Å². The molecule has 11 heavy (non-hydrogen) atoms. The van der Waals surface area contributed by atoms with Crippen LogP contribution in [-0.2, 0) is 0 Å². The first kappa shape index (κ1) is 6.39. The monoisotopic (exact) mass is 151 g/mol. The van der Waals surface area contributed by atoms with E-state index < -0.39 is 0 Å². The molecule has 0 unspecified atom stereocenters. The Hall–Kier alpha value is -1.32. The van der Waals surface area contributed by atoms with Crippen LogP contribution >= 0.6 is 0 Å². The van der Waals surface area contributed by atoms with E-state index in [0.717, 1.165) is 12.8 Å². The quantitative estimate of drug-likeness (QED) is 0.672. The van der Waals surface area contributed by atoms with Gasteiger partial charge in [0.1, 0.15) is 11.9 Å². The van der Waals surface area contributed by atoms with Gasteiger partial charge in [0.2, 0.25) is 5.88 Å². The van der Waals surface area contributed by atoms with Gasteiger partial charge in [0.15, 0.2) is 0 Å². The van der Waals surface area contributed by atoms with Gasteiger partial charge in [-0.25, -0.2) is 0 Å². The van der Waals surface area contributed by atoms with Gasteiger partial charge in [0.25, 0.3) is 0 Å². The fourth-order valence-electron chi connectivity index (χ4n) is 0.750. The van der Waals surface area contributed by atoms with Crippen molar-refractivity contribution < 1.29 is 4.74 Å². The fraction of sp³-hybridized carbons (Fsp3) is 0.429. The molecule has 1 heterocycles. The van der Waals surface area contributed by atoms with Crippen LogP contribution in [0.25, 0.3) is 0 Å². The number of aromatic nitrogens is 2. The topological polar surface area (TPSA) is 61.0 Å². The number of nitrogen functional groups attached to an aromatic ring is 1. The van der Waals surface area contributed by atoms with Gasteiger partial charge < -0.3 is 10.5 Å². The van der Waals surface area contributed by atoms with Crippen LogP contribution in [0.2, 0.25) is 0 Å². The Kier molecular flexibility index (Phi) is 1.38. The van der Waals surface area contributed by atoms with E-state index in [1.54, 1.807) is 12.1 Å². The zero-order valence-electron chi connectivity index (χ0n) is 6.03. The molecule has 1 aliphatic carbocycles. The Bertz CT molecular complexity index is 242. The molecule has 4 heteroatoms. The Morgan fingerprint density at radius 3 is 2.73 bits per heavy atom. The second-order valence-corrected chi connectivity index (χ2v) is 2.61. The van der Waals surface area contributed by atoms with Crippen LogP contribution in [-0.4, -0.2) is 16.3 Å². The van der Waals surface area contributed by atoms with Crippen molar-refractivity contribution in [3.8, 4) is 5.88 Å². The van der Waals surface area contributed by atoms with Gasteiger partial charge >= 0.3 is 0 Å². The second-order valence-electron chi connectivity index (χ2n) is 2.61. The van der Waals surface area contributed by atoms with Gasteiger partial charge in [-0.15, -0.1) is 10.2 Å². The molecule has 58 valence electrons. The van der Waals surface area contributed by atoms with E-state index in [1.165, 1.54) is 0 Å². The molecule has 1 fully saturated rings. The first-order chi connectivity index (χ1) is 5.34. The number of ether oxygens (including phenoxy) is 1. The molecule has 0 bridgehead atoms. The van der Waals surface area contributed by atoms with Crippen molar-refractivity contribution in [2.75, 3.05) is 5.73 Å². The van der Waals surface area contributed by atoms with Crippen molar-refractivity contribution in [3.63, 3.8) is 0 Å². The van der Waals surface area contributed by atoms with Gasteiger partial charge in [0, 0.05) is 6.07 Å². The van der Waals surface area contributed by atoms with E-state index in [2.05, 4.69) is 10.2 Å². The standard InChI is InChI=1S/C7H9N3O/c8-6-3-4-7(10-9-6)11-5-1-2-5/h3-5H,1-2H2,(H2,8,9). The van der Waals surface area contributed by atoms with Gasteiger partial charge in [-0.3, -0.25) is 0 Å². The summed E-state index contributed by atoms with van der Waals surface area (Å²) in [6, 6.07) is 3.42. The van der Waals surface area contributed by atoms with Crippen LogP contribution in [0.4, 0.5) is 5.82 Å². The molecule has 2 N–H and O–H groups in total. The summed E-state index contributed by atoms with van der Waals surface area (Å²) in [7, 11) is 0. The Labute approximate surface area is 64.4 Å². The first-order valence-electron chi connectivity index (χ1n) is 3.60. The van der Waals surface area contributed by atoms with E-state index in [0.29, 0.717) is 17.8 Å². The number of nitrogens with zero attached hydrogens (tertiary/aromatic N) is 2. The zero-order valence-corrected chi connectivity index (χ0v) is 6.03. The molecule has 1 aliphatic rings. The minimum Gasteiger partial charge on any atom is -0.473 e. The van der Waals surface area contributed by atoms with Gasteiger partial charge in [-0.05, 0) is 18.9 Å². The lowest BCUT2D eigenvalue weighted by Gasteiger charge is -2.00. The average molecular weight is 151 g/mol. The average Bonchev–Trinajstić information content (AvgIpc) is 2.78. The van der Waals surface area contributed by atoms with Crippen molar-refractivity contribution in [3.05, 3.63) is 12.1 Å². The predicted octanol–water partition coefficient (Wildman–Crippen LogP) is 0.600. The minimum atomic E-state index is 0.368. The third-order valence-corrected chi connectivity index (χ3v) is 1.47. The summed E-state index contributed by atoms with van der Waals surface area (Å²) < 4.78 is 5.35. The number of hydrogen-bond donors (Lipinski definition) is 1. The highest BCUT2D eigenvalue weighted by atomic mass is 16.5. The van der Waals surface area contributed by atoms with E-state index >= 15 is 0 Å². The fourth-order valence-corrected chi connectivity index (χ4v) is 0.750. The molecule has 1 saturated carbocycles. The van der Waals surface area contributed by atoms with Crippen molar-refractivity contribution in [1.29, 1.82) is 0 Å². The molecule has 1 aromatic rings. The highest BCUT2D eigenvalue weighted by molar-refractivity contribution is 5.27. The summed E-state index contributed by atoms with van der Waals surface area (Å²) in [4.78, 5) is 0. The molecule has 0 radical (unpaired) electrons. The SMILES string of the molecule is Nc1ccc(OC2CC2)nn1. The zero-order chi connectivity index (χ0) is 7.68. The maximum atomic E-state index is 5.35. The van der Waals surface area contributed by atoms with E-state index in [-0.39, 0.29) is 0 Å². The summed E-state index contributed by atoms with van der Waals surface area (Å²) in [5.41, 5.74) is 5.34.